The smallest absolute Gasteiger partial charge is 0.341 e. The van der Waals surface area contributed by atoms with Crippen LogP contribution in [-0.2, 0) is 16.0 Å². The van der Waals surface area contributed by atoms with E-state index < -0.39 is 5.97 Å². The number of amides is 1. The number of thiophene rings is 1. The minimum Gasteiger partial charge on any atom is -0.465 e. The van der Waals surface area contributed by atoms with Gasteiger partial charge in [-0.2, -0.15) is 0 Å². The van der Waals surface area contributed by atoms with E-state index in [-0.39, 0.29) is 5.91 Å². The molecular formula is C17H18N2O3S. The Balaban J connectivity index is 2.16. The molecule has 2 aromatic rings. The van der Waals surface area contributed by atoms with Crippen molar-refractivity contribution in [3.8, 4) is 11.1 Å². The van der Waals surface area contributed by atoms with Crippen LogP contribution in [-0.4, -0.2) is 25.5 Å². The summed E-state index contributed by atoms with van der Waals surface area (Å²) in [6.45, 7) is 4.19. The number of nitrogens with two attached hydrogens (primary N) is 1. The maximum atomic E-state index is 12.1. The molecule has 5 nitrogen and oxygen atoms in total. The summed E-state index contributed by atoms with van der Waals surface area (Å²) in [7, 11) is 1.35. The SMILES string of the molecule is COC(=O)c1c(N)sc(C)c1-c1ccc2c(c1)N(C(C)=O)CC2. The molecule has 0 spiro atoms. The van der Waals surface area contributed by atoms with E-state index in [1.165, 1.54) is 18.4 Å². The van der Waals surface area contributed by atoms with Gasteiger partial charge in [0.15, 0.2) is 0 Å². The highest BCUT2D eigenvalue weighted by Crippen LogP contribution is 2.41. The summed E-state index contributed by atoms with van der Waals surface area (Å²) in [5.41, 5.74) is 10.1. The van der Waals surface area contributed by atoms with E-state index in [9.17, 15) is 9.59 Å². The second kappa shape index (κ2) is 5.70. The summed E-state index contributed by atoms with van der Waals surface area (Å²) in [4.78, 5) is 26.6. The van der Waals surface area contributed by atoms with E-state index in [4.69, 9.17) is 10.5 Å². The van der Waals surface area contributed by atoms with Gasteiger partial charge in [-0.3, -0.25) is 4.79 Å². The Hall–Kier alpha value is -2.34. The van der Waals surface area contributed by atoms with E-state index in [0.717, 1.165) is 33.7 Å². The second-order valence-corrected chi connectivity index (χ2v) is 6.78. The Morgan fingerprint density at radius 1 is 1.35 bits per heavy atom. The molecule has 0 fully saturated rings. The molecular weight excluding hydrogens is 312 g/mol. The standard InChI is InChI=1S/C17H18N2O3S/c1-9-14(15(16(18)23-9)17(21)22-3)12-5-4-11-6-7-19(10(2)20)13(11)8-12/h4-5,8H,6-7,18H2,1-3H3. The fraction of sp³-hybridized carbons (Fsp3) is 0.294. The average Bonchev–Trinajstić information content (AvgIpc) is 3.06. The first kappa shape index (κ1) is 15.6. The zero-order valence-corrected chi connectivity index (χ0v) is 14.1. The van der Waals surface area contributed by atoms with Gasteiger partial charge in [0.25, 0.3) is 0 Å². The van der Waals surface area contributed by atoms with Crippen molar-refractivity contribution in [2.24, 2.45) is 0 Å². The van der Waals surface area contributed by atoms with Crippen LogP contribution in [0.15, 0.2) is 18.2 Å². The third kappa shape index (κ3) is 2.49. The topological polar surface area (TPSA) is 72.6 Å². The molecule has 0 unspecified atom stereocenters. The van der Waals surface area contributed by atoms with Crippen LogP contribution in [0, 0.1) is 6.92 Å². The van der Waals surface area contributed by atoms with E-state index >= 15 is 0 Å². The number of aryl methyl sites for hydroxylation is 1. The third-order valence-corrected chi connectivity index (χ3v) is 5.09. The fourth-order valence-corrected chi connectivity index (χ4v) is 4.02. The second-order valence-electron chi connectivity index (χ2n) is 5.53. The molecule has 0 atom stereocenters. The number of nitrogen functional groups attached to an aromatic ring is 1. The molecule has 2 N–H and O–H groups in total. The fourth-order valence-electron chi connectivity index (χ4n) is 3.08. The summed E-state index contributed by atoms with van der Waals surface area (Å²) in [6, 6.07) is 5.95. The number of nitrogens with zero attached hydrogens (tertiary/aromatic N) is 1. The summed E-state index contributed by atoms with van der Waals surface area (Å²) < 4.78 is 4.87. The van der Waals surface area contributed by atoms with Crippen molar-refractivity contribution in [3.05, 3.63) is 34.2 Å². The molecule has 0 bridgehead atoms. The maximum Gasteiger partial charge on any atom is 0.341 e. The number of esters is 1. The largest absolute Gasteiger partial charge is 0.465 e. The summed E-state index contributed by atoms with van der Waals surface area (Å²) in [6.07, 6.45) is 0.851. The monoisotopic (exact) mass is 330 g/mol. The van der Waals surface area contributed by atoms with Gasteiger partial charge in [0.05, 0.1) is 7.11 Å². The van der Waals surface area contributed by atoms with Crippen molar-refractivity contribution >= 4 is 33.9 Å². The highest BCUT2D eigenvalue weighted by atomic mass is 32.1. The van der Waals surface area contributed by atoms with Crippen LogP contribution in [0.1, 0.15) is 27.7 Å². The molecule has 23 heavy (non-hydrogen) atoms. The van der Waals surface area contributed by atoms with Gasteiger partial charge >= 0.3 is 5.97 Å². The Kier molecular flexibility index (Phi) is 3.85. The summed E-state index contributed by atoms with van der Waals surface area (Å²) in [5.74, 6) is -0.415. The number of carbonyl (C=O) groups excluding carboxylic acids is 2. The lowest BCUT2D eigenvalue weighted by Crippen LogP contribution is -2.25. The average molecular weight is 330 g/mol. The van der Waals surface area contributed by atoms with E-state index in [1.54, 1.807) is 11.8 Å². The predicted molar refractivity (Wildman–Crippen MR) is 92.0 cm³/mol. The minimum absolute atomic E-state index is 0.0237. The normalized spacial score (nSPS) is 13.1. The molecule has 1 aliphatic heterocycles. The zero-order valence-electron chi connectivity index (χ0n) is 13.3. The number of fused-ring (bicyclic) bond motifs is 1. The number of rotatable bonds is 2. The Bertz CT molecular complexity index is 810. The van der Waals surface area contributed by atoms with Crippen LogP contribution in [0.2, 0.25) is 0 Å². The molecule has 0 radical (unpaired) electrons. The van der Waals surface area contributed by atoms with Gasteiger partial charge in [0, 0.05) is 29.6 Å². The quantitative estimate of drug-likeness (QED) is 0.859. The molecule has 0 saturated heterocycles. The van der Waals surface area contributed by atoms with Crippen LogP contribution in [0.25, 0.3) is 11.1 Å². The van der Waals surface area contributed by atoms with Gasteiger partial charge in [-0.25, -0.2) is 4.79 Å². The lowest BCUT2D eigenvalue weighted by Gasteiger charge is -2.16. The van der Waals surface area contributed by atoms with Crippen molar-refractivity contribution in [1.82, 2.24) is 0 Å². The van der Waals surface area contributed by atoms with Crippen molar-refractivity contribution in [2.75, 3.05) is 24.3 Å². The Labute approximate surface area is 138 Å². The van der Waals surface area contributed by atoms with Crippen LogP contribution in [0.3, 0.4) is 0 Å². The van der Waals surface area contributed by atoms with Gasteiger partial charge in [-0.15, -0.1) is 11.3 Å². The number of benzene rings is 1. The first-order valence-electron chi connectivity index (χ1n) is 7.32. The van der Waals surface area contributed by atoms with Crippen LogP contribution < -0.4 is 10.6 Å². The molecule has 1 aromatic heterocycles. The number of methoxy groups -OCH3 is 1. The number of carbonyl (C=O) groups is 2. The molecule has 2 heterocycles. The molecule has 6 heteroatoms. The lowest BCUT2D eigenvalue weighted by molar-refractivity contribution is -0.116. The van der Waals surface area contributed by atoms with Gasteiger partial charge in [0.2, 0.25) is 5.91 Å². The highest BCUT2D eigenvalue weighted by Gasteiger charge is 2.26. The number of hydrogen-bond donors (Lipinski definition) is 1. The van der Waals surface area contributed by atoms with Crippen LogP contribution in [0.5, 0.6) is 0 Å². The first-order valence-corrected chi connectivity index (χ1v) is 8.14. The molecule has 0 aliphatic carbocycles. The van der Waals surface area contributed by atoms with Crippen molar-refractivity contribution < 1.29 is 14.3 Å². The van der Waals surface area contributed by atoms with Gasteiger partial charge in [0.1, 0.15) is 10.6 Å². The zero-order chi connectivity index (χ0) is 16.7. The summed E-state index contributed by atoms with van der Waals surface area (Å²) in [5, 5.41) is 0.452. The predicted octanol–water partition coefficient (Wildman–Crippen LogP) is 3.00. The van der Waals surface area contributed by atoms with Crippen molar-refractivity contribution in [2.45, 2.75) is 20.3 Å². The van der Waals surface area contributed by atoms with Crippen LogP contribution in [0.4, 0.5) is 10.7 Å². The van der Waals surface area contributed by atoms with Crippen molar-refractivity contribution in [1.29, 1.82) is 0 Å². The Morgan fingerprint density at radius 3 is 2.74 bits per heavy atom. The third-order valence-electron chi connectivity index (χ3n) is 4.15. The maximum absolute atomic E-state index is 12.1. The minimum atomic E-state index is -0.439. The van der Waals surface area contributed by atoms with E-state index in [0.29, 0.717) is 17.1 Å². The molecule has 1 amide bonds. The number of ether oxygens (including phenoxy) is 1. The Morgan fingerprint density at radius 2 is 2.09 bits per heavy atom. The first-order chi connectivity index (χ1) is 10.9. The summed E-state index contributed by atoms with van der Waals surface area (Å²) >= 11 is 1.37. The lowest BCUT2D eigenvalue weighted by atomic mass is 9.99. The molecule has 0 saturated carbocycles. The molecule has 120 valence electrons. The number of hydrogen-bond acceptors (Lipinski definition) is 5. The molecule has 3 rings (SSSR count). The van der Waals surface area contributed by atoms with Crippen molar-refractivity contribution in [3.63, 3.8) is 0 Å². The van der Waals surface area contributed by atoms with Gasteiger partial charge in [-0.05, 0) is 30.5 Å². The molecule has 1 aliphatic rings. The van der Waals surface area contributed by atoms with Gasteiger partial charge < -0.3 is 15.4 Å². The number of anilines is 2. The van der Waals surface area contributed by atoms with E-state index in [2.05, 4.69) is 0 Å². The van der Waals surface area contributed by atoms with Crippen LogP contribution >= 0.6 is 11.3 Å². The highest BCUT2D eigenvalue weighted by molar-refractivity contribution is 7.16. The molecule has 1 aromatic carbocycles. The van der Waals surface area contributed by atoms with Gasteiger partial charge in [-0.1, -0.05) is 12.1 Å². The van der Waals surface area contributed by atoms with E-state index in [1.807, 2.05) is 25.1 Å².